The van der Waals surface area contributed by atoms with Gasteiger partial charge < -0.3 is 33.8 Å². The number of unbranched alkanes of at least 4 members (excludes halogenated alkanes) is 47. The van der Waals surface area contributed by atoms with Crippen LogP contribution < -0.4 is 0 Å². The van der Waals surface area contributed by atoms with Crippen LogP contribution in [-0.2, 0) is 65.4 Å². The summed E-state index contributed by atoms with van der Waals surface area (Å²) in [6.07, 6.45) is 61.2. The highest BCUT2D eigenvalue weighted by Gasteiger charge is 2.30. The molecule has 0 aliphatic rings. The van der Waals surface area contributed by atoms with Gasteiger partial charge in [0.2, 0.25) is 0 Å². The summed E-state index contributed by atoms with van der Waals surface area (Å²) in [6, 6.07) is 0. The molecule has 19 heteroatoms. The Morgan fingerprint density at radius 3 is 0.752 bits per heavy atom. The van der Waals surface area contributed by atoms with Crippen molar-refractivity contribution in [2.75, 3.05) is 39.6 Å². The van der Waals surface area contributed by atoms with E-state index in [2.05, 4.69) is 48.5 Å². The lowest BCUT2D eigenvalue weighted by atomic mass is 9.99. The molecule has 0 saturated carbocycles. The van der Waals surface area contributed by atoms with Gasteiger partial charge in [0.05, 0.1) is 26.4 Å². The van der Waals surface area contributed by atoms with E-state index in [4.69, 9.17) is 37.0 Å². The number of hydrogen-bond acceptors (Lipinski definition) is 15. The van der Waals surface area contributed by atoms with Gasteiger partial charge >= 0.3 is 39.5 Å². The smallest absolute Gasteiger partial charge is 0.462 e. The predicted octanol–water partition coefficient (Wildman–Crippen LogP) is 24.5. The molecule has 6 atom stereocenters. The highest BCUT2D eigenvalue weighted by atomic mass is 31.2. The van der Waals surface area contributed by atoms with Gasteiger partial charge in [-0.3, -0.25) is 37.3 Å². The first-order chi connectivity index (χ1) is 48.8. The lowest BCUT2D eigenvalue weighted by molar-refractivity contribution is -0.161. The SMILES string of the molecule is CCCCCCCCCCCCCCCCC(=O)O[C@H](COC(=O)CCCCCCCCC(C)C)COP(=O)(O)OC[C@H](O)COP(=O)(O)OC[C@@H](COC(=O)CCCCCCCCCCCCCCCC(C)C)OC(=O)CCCCCCCCCCCCCCCCCCCCC(C)CC. The minimum absolute atomic E-state index is 0.107. The number of aliphatic hydroxyl groups excluding tert-OH is 1. The number of rotatable bonds is 80. The Bertz CT molecular complexity index is 1960. The zero-order valence-corrected chi connectivity index (χ0v) is 68.2. The van der Waals surface area contributed by atoms with Crippen LogP contribution in [-0.4, -0.2) is 96.7 Å². The van der Waals surface area contributed by atoms with E-state index in [-0.39, 0.29) is 25.7 Å². The van der Waals surface area contributed by atoms with Gasteiger partial charge in [0.15, 0.2) is 12.2 Å². The molecule has 0 spiro atoms. The summed E-state index contributed by atoms with van der Waals surface area (Å²) in [7, 11) is -9.92. The fraction of sp³-hybridized carbons (Fsp3) is 0.951. The second-order valence-electron chi connectivity index (χ2n) is 30.7. The molecule has 0 heterocycles. The number of phosphoric acid groups is 2. The molecule has 101 heavy (non-hydrogen) atoms. The van der Waals surface area contributed by atoms with Crippen LogP contribution in [0, 0.1) is 17.8 Å². The lowest BCUT2D eigenvalue weighted by Gasteiger charge is -2.21. The maximum Gasteiger partial charge on any atom is 0.472 e. The third-order valence-corrected chi connectivity index (χ3v) is 21.4. The highest BCUT2D eigenvalue weighted by molar-refractivity contribution is 7.47. The zero-order valence-electron chi connectivity index (χ0n) is 66.4. The van der Waals surface area contributed by atoms with Crippen molar-refractivity contribution in [1.82, 2.24) is 0 Å². The van der Waals surface area contributed by atoms with Crippen molar-refractivity contribution in [3.63, 3.8) is 0 Å². The van der Waals surface area contributed by atoms with Crippen molar-refractivity contribution in [3.05, 3.63) is 0 Å². The van der Waals surface area contributed by atoms with E-state index < -0.39 is 97.5 Å². The molecule has 0 radical (unpaired) electrons. The average molecular weight is 1480 g/mol. The fourth-order valence-corrected chi connectivity index (χ4v) is 14.2. The van der Waals surface area contributed by atoms with Gasteiger partial charge in [-0.25, -0.2) is 9.13 Å². The summed E-state index contributed by atoms with van der Waals surface area (Å²) in [5.74, 6) is 0.230. The first kappa shape index (κ1) is 99.1. The highest BCUT2D eigenvalue weighted by Crippen LogP contribution is 2.45. The topological polar surface area (TPSA) is 237 Å². The Kier molecular flexibility index (Phi) is 70.9. The first-order valence-electron chi connectivity index (χ1n) is 42.4. The van der Waals surface area contributed by atoms with Crippen LogP contribution >= 0.6 is 15.6 Å². The Balaban J connectivity index is 5.20. The van der Waals surface area contributed by atoms with Crippen molar-refractivity contribution >= 4 is 39.5 Å². The second kappa shape index (κ2) is 72.3. The maximum atomic E-state index is 13.1. The van der Waals surface area contributed by atoms with Crippen LogP contribution in [0.1, 0.15) is 427 Å². The quantitative estimate of drug-likeness (QED) is 0.0222. The van der Waals surface area contributed by atoms with Gasteiger partial charge in [-0.15, -0.1) is 0 Å². The van der Waals surface area contributed by atoms with Crippen LogP contribution in [0.5, 0.6) is 0 Å². The molecule has 0 amide bonds. The summed E-state index contributed by atoms with van der Waals surface area (Å²) >= 11 is 0. The third kappa shape index (κ3) is 74.7. The number of esters is 4. The second-order valence-corrected chi connectivity index (χ2v) is 33.6. The Morgan fingerprint density at radius 1 is 0.287 bits per heavy atom. The Hall–Kier alpha value is -1.94. The van der Waals surface area contributed by atoms with Crippen LogP contribution in [0.25, 0.3) is 0 Å². The number of phosphoric ester groups is 2. The van der Waals surface area contributed by atoms with Crippen LogP contribution in [0.3, 0.4) is 0 Å². The maximum absolute atomic E-state index is 13.1. The zero-order chi connectivity index (χ0) is 74.4. The van der Waals surface area contributed by atoms with Gasteiger partial charge in [-0.1, -0.05) is 376 Å². The van der Waals surface area contributed by atoms with E-state index in [1.54, 1.807) is 0 Å². The van der Waals surface area contributed by atoms with Crippen molar-refractivity contribution < 1.29 is 80.2 Å². The number of carbonyl (C=O) groups excluding carboxylic acids is 4. The standard InChI is InChI=1S/C82H160O17P2/c1-8-10-11-12-13-14-15-16-26-32-37-42-51-58-65-82(87)99-78(70-93-80(85)64-57-50-45-44-47-54-61-74(5)6)72-97-101(90,91)95-68-76(83)67-94-100(88,89)96-71-77(69-92-79(84)63-56-49-41-36-31-28-23-24-29-34-39-46-53-60-73(3)4)98-81(86)66-59-52-43-38-33-27-22-20-18-17-19-21-25-30-35-40-48-55-62-75(7)9-2/h73-78,83H,8-72H2,1-7H3,(H,88,89)(H,90,91)/t75?,76-,77-,78-/m1/s1. The predicted molar refractivity (Wildman–Crippen MR) is 414 cm³/mol. The van der Waals surface area contributed by atoms with E-state index in [9.17, 15) is 43.2 Å². The van der Waals surface area contributed by atoms with Gasteiger partial charge in [-0.05, 0) is 43.4 Å². The van der Waals surface area contributed by atoms with Crippen molar-refractivity contribution in [1.29, 1.82) is 0 Å². The van der Waals surface area contributed by atoms with Crippen molar-refractivity contribution in [2.24, 2.45) is 17.8 Å². The number of ether oxygens (including phenoxy) is 4. The largest absolute Gasteiger partial charge is 0.472 e. The summed E-state index contributed by atoms with van der Waals surface area (Å²) in [5.41, 5.74) is 0. The number of hydrogen-bond donors (Lipinski definition) is 3. The first-order valence-corrected chi connectivity index (χ1v) is 45.4. The molecule has 3 N–H and O–H groups in total. The monoisotopic (exact) mass is 1480 g/mol. The van der Waals surface area contributed by atoms with Gasteiger partial charge in [0.1, 0.15) is 19.3 Å². The summed E-state index contributed by atoms with van der Waals surface area (Å²) in [6.45, 7) is 12.0. The molecular weight excluding hydrogens is 1320 g/mol. The average Bonchev–Trinajstić information content (AvgIpc) is 1.03. The van der Waals surface area contributed by atoms with E-state index in [1.807, 2.05) is 0 Å². The van der Waals surface area contributed by atoms with E-state index >= 15 is 0 Å². The fourth-order valence-electron chi connectivity index (χ4n) is 12.6. The number of carbonyl (C=O) groups is 4. The summed E-state index contributed by atoms with van der Waals surface area (Å²) in [4.78, 5) is 73.0. The third-order valence-electron chi connectivity index (χ3n) is 19.5. The molecule has 17 nitrogen and oxygen atoms in total. The molecule has 0 saturated heterocycles. The van der Waals surface area contributed by atoms with E-state index in [0.29, 0.717) is 31.6 Å². The van der Waals surface area contributed by atoms with Crippen LogP contribution in [0.4, 0.5) is 0 Å². The molecule has 600 valence electrons. The minimum atomic E-state index is -4.96. The van der Waals surface area contributed by atoms with Gasteiger partial charge in [-0.2, -0.15) is 0 Å². The number of aliphatic hydroxyl groups is 1. The lowest BCUT2D eigenvalue weighted by Crippen LogP contribution is -2.30. The van der Waals surface area contributed by atoms with Crippen molar-refractivity contribution in [2.45, 2.75) is 446 Å². The normalized spacial score (nSPS) is 14.2. The van der Waals surface area contributed by atoms with Gasteiger partial charge in [0.25, 0.3) is 0 Å². The molecule has 0 aromatic heterocycles. The van der Waals surface area contributed by atoms with Crippen molar-refractivity contribution in [3.8, 4) is 0 Å². The minimum Gasteiger partial charge on any atom is -0.462 e. The summed E-state index contributed by atoms with van der Waals surface area (Å²) in [5, 5.41) is 10.6. The molecule has 0 aliphatic heterocycles. The molecule has 0 aromatic carbocycles. The summed E-state index contributed by atoms with van der Waals surface area (Å²) < 4.78 is 68.7. The molecule has 0 rings (SSSR count). The van der Waals surface area contributed by atoms with E-state index in [0.717, 1.165) is 108 Å². The molecule has 0 aliphatic carbocycles. The van der Waals surface area contributed by atoms with Gasteiger partial charge in [0, 0.05) is 25.7 Å². The Morgan fingerprint density at radius 2 is 0.505 bits per heavy atom. The Labute approximate surface area is 619 Å². The molecule has 0 fully saturated rings. The molecular formula is C82H160O17P2. The van der Waals surface area contributed by atoms with Crippen LogP contribution in [0.2, 0.25) is 0 Å². The molecule has 0 bridgehead atoms. The van der Waals surface area contributed by atoms with Crippen LogP contribution in [0.15, 0.2) is 0 Å². The molecule has 0 aromatic rings. The molecule has 3 unspecified atom stereocenters. The van der Waals surface area contributed by atoms with E-state index in [1.165, 1.54) is 231 Å².